The number of rotatable bonds is 1. The van der Waals surface area contributed by atoms with Gasteiger partial charge in [0.1, 0.15) is 0 Å². The Hall–Kier alpha value is -0.570. The van der Waals surface area contributed by atoms with E-state index in [9.17, 15) is 0 Å². The van der Waals surface area contributed by atoms with Crippen LogP contribution in [-0.2, 0) is 0 Å². The van der Waals surface area contributed by atoms with Gasteiger partial charge < -0.3 is 5.11 Å². The molecule has 1 aromatic rings. The Labute approximate surface area is 58.2 Å². The van der Waals surface area contributed by atoms with Crippen LogP contribution in [0.4, 0.5) is 0 Å². The Kier molecular flexibility index (Phi) is 1.71. The fourth-order valence-electron chi connectivity index (χ4n) is 0.541. The van der Waals surface area contributed by atoms with Crippen molar-refractivity contribution in [2.75, 3.05) is 0 Å². The molecule has 0 spiro atoms. The highest BCUT2D eigenvalue weighted by Gasteiger charge is 2.02. The molecule has 9 heavy (non-hydrogen) atoms. The first-order valence-electron chi connectivity index (χ1n) is 2.84. The van der Waals surface area contributed by atoms with Gasteiger partial charge in [-0.1, -0.05) is 25.2 Å². The molecule has 0 atom stereocenters. The van der Waals surface area contributed by atoms with Crippen LogP contribution >= 0.6 is 11.3 Å². The molecule has 1 heterocycles. The fourth-order valence-corrected chi connectivity index (χ4v) is 1.25. The summed E-state index contributed by atoms with van der Waals surface area (Å²) in [5.41, 5.74) is 0.970. The van der Waals surface area contributed by atoms with Crippen LogP contribution in [0.15, 0.2) is 5.38 Å². The lowest BCUT2D eigenvalue weighted by molar-refractivity contribution is 0.468. The molecule has 2 nitrogen and oxygen atoms in total. The van der Waals surface area contributed by atoms with E-state index in [1.165, 1.54) is 11.3 Å². The number of aromatic hydroxyl groups is 1. The van der Waals surface area contributed by atoms with Crippen LogP contribution in [-0.4, -0.2) is 10.1 Å². The minimum atomic E-state index is 0.165. The largest absolute Gasteiger partial charge is 0.486 e. The van der Waals surface area contributed by atoms with E-state index in [0.717, 1.165) is 5.69 Å². The van der Waals surface area contributed by atoms with Gasteiger partial charge in [0.05, 0.1) is 5.69 Å². The zero-order valence-electron chi connectivity index (χ0n) is 5.46. The molecular weight excluding hydrogens is 134 g/mol. The van der Waals surface area contributed by atoms with E-state index < -0.39 is 0 Å². The summed E-state index contributed by atoms with van der Waals surface area (Å²) in [7, 11) is 0. The first kappa shape index (κ1) is 6.55. The third-order valence-corrected chi connectivity index (χ3v) is 1.76. The highest BCUT2D eigenvalue weighted by molar-refractivity contribution is 7.11. The second-order valence-corrected chi connectivity index (χ2v) is 3.05. The Bertz CT molecular complexity index is 195. The molecule has 0 unspecified atom stereocenters. The van der Waals surface area contributed by atoms with Gasteiger partial charge in [0.15, 0.2) is 0 Å². The van der Waals surface area contributed by atoms with Crippen LogP contribution in [0.5, 0.6) is 5.19 Å². The smallest absolute Gasteiger partial charge is 0.270 e. The topological polar surface area (TPSA) is 33.1 Å². The average Bonchev–Trinajstić information content (AvgIpc) is 2.14. The Balaban J connectivity index is 2.85. The molecule has 1 rings (SSSR count). The maximum absolute atomic E-state index is 8.81. The van der Waals surface area contributed by atoms with E-state index in [2.05, 4.69) is 18.8 Å². The summed E-state index contributed by atoms with van der Waals surface area (Å²) >= 11 is 1.28. The first-order chi connectivity index (χ1) is 4.20. The maximum atomic E-state index is 8.81. The molecular formula is C6H9NOS. The minimum Gasteiger partial charge on any atom is -0.486 e. The van der Waals surface area contributed by atoms with Crippen molar-refractivity contribution in [3.8, 4) is 5.19 Å². The van der Waals surface area contributed by atoms with Crippen LogP contribution in [0.3, 0.4) is 0 Å². The molecule has 0 bridgehead atoms. The van der Waals surface area contributed by atoms with Gasteiger partial charge in [0.2, 0.25) is 0 Å². The van der Waals surface area contributed by atoms with Crippen molar-refractivity contribution in [2.45, 2.75) is 19.8 Å². The second-order valence-electron chi connectivity index (χ2n) is 2.21. The lowest BCUT2D eigenvalue weighted by Crippen LogP contribution is -1.84. The minimum absolute atomic E-state index is 0.165. The van der Waals surface area contributed by atoms with E-state index in [-0.39, 0.29) is 5.19 Å². The van der Waals surface area contributed by atoms with Gasteiger partial charge in [-0.3, -0.25) is 0 Å². The van der Waals surface area contributed by atoms with E-state index in [0.29, 0.717) is 5.92 Å². The number of hydrogen-bond donors (Lipinski definition) is 1. The number of nitrogens with zero attached hydrogens (tertiary/aromatic N) is 1. The standard InChI is InChI=1S/C6H9NOS/c1-4(2)5-3-9-6(8)7-5/h3-4H,1-2H3,(H,7,8). The summed E-state index contributed by atoms with van der Waals surface area (Å²) in [6.07, 6.45) is 0. The van der Waals surface area contributed by atoms with E-state index in [4.69, 9.17) is 5.11 Å². The van der Waals surface area contributed by atoms with Crippen LogP contribution < -0.4 is 0 Å². The molecule has 1 N–H and O–H groups in total. The second kappa shape index (κ2) is 2.35. The van der Waals surface area contributed by atoms with Crippen molar-refractivity contribution in [2.24, 2.45) is 0 Å². The van der Waals surface area contributed by atoms with Gasteiger partial charge in [-0.15, -0.1) is 0 Å². The van der Waals surface area contributed by atoms with Gasteiger partial charge in [0, 0.05) is 5.38 Å². The highest BCUT2D eigenvalue weighted by atomic mass is 32.1. The molecule has 0 aliphatic rings. The van der Waals surface area contributed by atoms with E-state index in [1.807, 2.05) is 5.38 Å². The van der Waals surface area contributed by atoms with Crippen molar-refractivity contribution >= 4 is 11.3 Å². The molecule has 0 saturated heterocycles. The molecule has 0 aliphatic carbocycles. The molecule has 0 fully saturated rings. The summed E-state index contributed by atoms with van der Waals surface area (Å²) in [4.78, 5) is 3.88. The van der Waals surface area contributed by atoms with Crippen LogP contribution in [0.25, 0.3) is 0 Å². The van der Waals surface area contributed by atoms with Crippen molar-refractivity contribution in [3.05, 3.63) is 11.1 Å². The summed E-state index contributed by atoms with van der Waals surface area (Å²) in [5, 5.41) is 10.8. The van der Waals surface area contributed by atoms with Gasteiger partial charge in [0.25, 0.3) is 5.19 Å². The van der Waals surface area contributed by atoms with Gasteiger partial charge in [-0.2, -0.15) is 0 Å². The SMILES string of the molecule is CC(C)c1csc(O)n1. The molecule has 0 amide bonds. The third-order valence-electron chi connectivity index (χ3n) is 1.10. The number of hydrogen-bond acceptors (Lipinski definition) is 3. The van der Waals surface area contributed by atoms with Crippen molar-refractivity contribution in [1.29, 1.82) is 0 Å². The Morgan fingerprint density at radius 2 is 2.33 bits per heavy atom. The monoisotopic (exact) mass is 143 g/mol. The normalized spacial score (nSPS) is 10.6. The van der Waals surface area contributed by atoms with E-state index in [1.54, 1.807) is 0 Å². The highest BCUT2D eigenvalue weighted by Crippen LogP contribution is 2.21. The molecule has 0 radical (unpaired) electrons. The average molecular weight is 143 g/mol. The van der Waals surface area contributed by atoms with Gasteiger partial charge >= 0.3 is 0 Å². The molecule has 50 valence electrons. The van der Waals surface area contributed by atoms with Gasteiger partial charge in [-0.25, -0.2) is 4.98 Å². The lowest BCUT2D eigenvalue weighted by atomic mass is 10.2. The molecule has 3 heteroatoms. The van der Waals surface area contributed by atoms with Crippen LogP contribution in [0, 0.1) is 0 Å². The van der Waals surface area contributed by atoms with Crippen molar-refractivity contribution < 1.29 is 5.11 Å². The third kappa shape index (κ3) is 1.42. The first-order valence-corrected chi connectivity index (χ1v) is 3.72. The molecule has 0 saturated carbocycles. The Morgan fingerprint density at radius 3 is 2.56 bits per heavy atom. The summed E-state index contributed by atoms with van der Waals surface area (Å²) in [5.74, 6) is 0.419. The zero-order valence-corrected chi connectivity index (χ0v) is 6.27. The van der Waals surface area contributed by atoms with Crippen molar-refractivity contribution in [3.63, 3.8) is 0 Å². The van der Waals surface area contributed by atoms with Crippen LogP contribution in [0.1, 0.15) is 25.5 Å². The summed E-state index contributed by atoms with van der Waals surface area (Å²) in [6, 6.07) is 0. The van der Waals surface area contributed by atoms with Crippen LogP contribution in [0.2, 0.25) is 0 Å². The molecule has 0 aliphatic heterocycles. The van der Waals surface area contributed by atoms with E-state index >= 15 is 0 Å². The van der Waals surface area contributed by atoms with Crippen molar-refractivity contribution in [1.82, 2.24) is 4.98 Å². The summed E-state index contributed by atoms with van der Waals surface area (Å²) in [6.45, 7) is 4.10. The molecule has 0 aromatic carbocycles. The number of aromatic nitrogens is 1. The predicted octanol–water partition coefficient (Wildman–Crippen LogP) is 1.97. The number of thiazole rings is 1. The Morgan fingerprint density at radius 1 is 1.67 bits per heavy atom. The van der Waals surface area contributed by atoms with Gasteiger partial charge in [-0.05, 0) is 5.92 Å². The zero-order chi connectivity index (χ0) is 6.85. The molecule has 1 aromatic heterocycles. The lowest BCUT2D eigenvalue weighted by Gasteiger charge is -1.94. The summed E-state index contributed by atoms with van der Waals surface area (Å²) < 4.78 is 0. The fraction of sp³-hybridized carbons (Fsp3) is 0.500. The predicted molar refractivity (Wildman–Crippen MR) is 37.9 cm³/mol. The maximum Gasteiger partial charge on any atom is 0.270 e. The quantitative estimate of drug-likeness (QED) is 0.652.